The number of nitrogens with zero attached hydrogens (tertiary/aromatic N) is 1. The fourth-order valence-corrected chi connectivity index (χ4v) is 4.41. The zero-order chi connectivity index (χ0) is 20.5. The zero-order valence-corrected chi connectivity index (χ0v) is 16.8. The molecule has 3 nitrogen and oxygen atoms in total. The highest BCUT2D eigenvalue weighted by atomic mass is 32.2. The van der Waals surface area contributed by atoms with Crippen molar-refractivity contribution >= 4 is 34.8 Å². The Morgan fingerprint density at radius 3 is 2.03 bits per heavy atom. The second-order valence-corrected chi connectivity index (χ2v) is 8.00. The van der Waals surface area contributed by atoms with Gasteiger partial charge in [0.25, 0.3) is 11.8 Å². The highest BCUT2D eigenvalue weighted by Gasteiger charge is 2.40. The molecule has 0 aromatic heterocycles. The number of anilines is 1. The fourth-order valence-electron chi connectivity index (χ4n) is 3.40. The number of benzene rings is 3. The predicted octanol–water partition coefficient (Wildman–Crippen LogP) is 5.52. The third kappa shape index (κ3) is 3.74. The van der Waals surface area contributed by atoms with Gasteiger partial charge in [0.2, 0.25) is 0 Å². The van der Waals surface area contributed by atoms with Crippen molar-refractivity contribution in [1.82, 2.24) is 0 Å². The first-order chi connectivity index (χ1) is 13.9. The number of aryl methyl sites for hydroxylation is 2. The Morgan fingerprint density at radius 1 is 0.793 bits per heavy atom. The fraction of sp³-hybridized carbons (Fsp3) is 0.0833. The maximum absolute atomic E-state index is 13.4. The average molecular weight is 403 g/mol. The van der Waals surface area contributed by atoms with Crippen LogP contribution in [0.15, 0.2) is 82.6 Å². The van der Waals surface area contributed by atoms with E-state index in [9.17, 15) is 14.0 Å². The van der Waals surface area contributed by atoms with Gasteiger partial charge in [0, 0.05) is 4.90 Å². The van der Waals surface area contributed by atoms with Gasteiger partial charge in [0.1, 0.15) is 5.82 Å². The molecule has 0 spiro atoms. The molecule has 0 fully saturated rings. The first-order valence-corrected chi connectivity index (χ1v) is 9.96. The van der Waals surface area contributed by atoms with Gasteiger partial charge in [0.15, 0.2) is 0 Å². The second-order valence-electron chi connectivity index (χ2n) is 6.92. The van der Waals surface area contributed by atoms with Gasteiger partial charge < -0.3 is 0 Å². The number of carbonyl (C=O) groups is 2. The first kappa shape index (κ1) is 19.2. The zero-order valence-electron chi connectivity index (χ0n) is 16.0. The summed E-state index contributed by atoms with van der Waals surface area (Å²) < 4.78 is 13.4. The van der Waals surface area contributed by atoms with E-state index in [1.807, 2.05) is 62.4 Å². The molecule has 0 atom stereocenters. The van der Waals surface area contributed by atoms with Gasteiger partial charge in [-0.05, 0) is 66.9 Å². The molecule has 144 valence electrons. The molecule has 1 aliphatic rings. The minimum Gasteiger partial charge on any atom is -0.268 e. The number of halogens is 1. The highest BCUT2D eigenvalue weighted by molar-refractivity contribution is 8.04. The van der Waals surface area contributed by atoms with Gasteiger partial charge >= 0.3 is 0 Å². The Morgan fingerprint density at radius 2 is 1.41 bits per heavy atom. The molecule has 5 heteroatoms. The molecule has 0 N–H and O–H groups in total. The first-order valence-electron chi connectivity index (χ1n) is 9.14. The molecule has 29 heavy (non-hydrogen) atoms. The van der Waals surface area contributed by atoms with E-state index < -0.39 is 11.7 Å². The summed E-state index contributed by atoms with van der Waals surface area (Å²) in [5.74, 6) is -1.16. The van der Waals surface area contributed by atoms with Gasteiger partial charge in [0.05, 0.1) is 16.2 Å². The van der Waals surface area contributed by atoms with Crippen LogP contribution in [-0.4, -0.2) is 11.8 Å². The van der Waals surface area contributed by atoms with E-state index in [0.29, 0.717) is 21.7 Å². The van der Waals surface area contributed by atoms with Crippen LogP contribution in [0, 0.1) is 19.7 Å². The predicted molar refractivity (Wildman–Crippen MR) is 114 cm³/mol. The Bertz CT molecular complexity index is 1120. The number of hydrogen-bond acceptors (Lipinski definition) is 3. The maximum Gasteiger partial charge on any atom is 0.272 e. The van der Waals surface area contributed by atoms with Crippen molar-refractivity contribution in [2.24, 2.45) is 0 Å². The minimum absolute atomic E-state index is 0.294. The maximum atomic E-state index is 13.4. The van der Waals surface area contributed by atoms with Crippen LogP contribution in [0.5, 0.6) is 0 Å². The van der Waals surface area contributed by atoms with Crippen LogP contribution >= 0.6 is 11.8 Å². The van der Waals surface area contributed by atoms with E-state index in [4.69, 9.17) is 0 Å². The highest BCUT2D eigenvalue weighted by Crippen LogP contribution is 2.41. The normalized spacial score (nSPS) is 14.1. The summed E-state index contributed by atoms with van der Waals surface area (Å²) >= 11 is 1.25. The number of hydrogen-bond donors (Lipinski definition) is 0. The van der Waals surface area contributed by atoms with Gasteiger partial charge in [-0.3, -0.25) is 9.59 Å². The van der Waals surface area contributed by atoms with Crippen molar-refractivity contribution in [3.05, 3.63) is 100 Å². The van der Waals surface area contributed by atoms with Crippen LogP contribution in [0.4, 0.5) is 10.1 Å². The van der Waals surface area contributed by atoms with E-state index in [1.165, 1.54) is 40.9 Å². The Labute approximate surface area is 172 Å². The van der Waals surface area contributed by atoms with Gasteiger partial charge in [-0.2, -0.15) is 0 Å². The summed E-state index contributed by atoms with van der Waals surface area (Å²) in [5.41, 5.74) is 3.29. The summed E-state index contributed by atoms with van der Waals surface area (Å²) in [5, 5.41) is 0. The molecule has 0 saturated carbocycles. The van der Waals surface area contributed by atoms with Crippen molar-refractivity contribution in [2.75, 3.05) is 4.90 Å². The molecule has 1 aliphatic heterocycles. The van der Waals surface area contributed by atoms with E-state index in [-0.39, 0.29) is 5.91 Å². The van der Waals surface area contributed by atoms with Crippen molar-refractivity contribution in [2.45, 2.75) is 18.7 Å². The van der Waals surface area contributed by atoms with Crippen molar-refractivity contribution in [1.29, 1.82) is 0 Å². The molecule has 3 aromatic carbocycles. The summed E-state index contributed by atoms with van der Waals surface area (Å²) in [7, 11) is 0. The number of thioether (sulfide) groups is 1. The lowest BCUT2D eigenvalue weighted by atomic mass is 10.1. The molecular weight excluding hydrogens is 385 g/mol. The summed E-state index contributed by atoms with van der Waals surface area (Å²) in [6, 6.07) is 20.7. The lowest BCUT2D eigenvalue weighted by Crippen LogP contribution is -2.31. The molecule has 0 radical (unpaired) electrons. The van der Waals surface area contributed by atoms with Gasteiger partial charge in [-0.25, -0.2) is 9.29 Å². The molecule has 3 aromatic rings. The largest absolute Gasteiger partial charge is 0.272 e. The molecule has 4 rings (SSSR count). The third-order valence-electron chi connectivity index (χ3n) is 4.60. The Kier molecular flexibility index (Phi) is 5.07. The number of rotatable bonds is 4. The molecule has 0 bridgehead atoms. The van der Waals surface area contributed by atoms with Crippen LogP contribution < -0.4 is 4.90 Å². The number of imide groups is 1. The van der Waals surface area contributed by atoms with Crippen LogP contribution in [0.2, 0.25) is 0 Å². The molecule has 2 amide bonds. The monoisotopic (exact) mass is 403 g/mol. The summed E-state index contributed by atoms with van der Waals surface area (Å²) in [6.07, 6.45) is 0. The van der Waals surface area contributed by atoms with Gasteiger partial charge in [-0.15, -0.1) is 0 Å². The van der Waals surface area contributed by atoms with E-state index in [1.54, 1.807) is 0 Å². The summed E-state index contributed by atoms with van der Waals surface area (Å²) in [4.78, 5) is 29.1. The molecule has 0 saturated heterocycles. The van der Waals surface area contributed by atoms with Crippen LogP contribution in [-0.2, 0) is 9.59 Å². The van der Waals surface area contributed by atoms with Crippen molar-refractivity contribution in [3.63, 3.8) is 0 Å². The summed E-state index contributed by atoms with van der Waals surface area (Å²) in [6.45, 7) is 3.85. The van der Waals surface area contributed by atoms with Crippen LogP contribution in [0.1, 0.15) is 16.7 Å². The van der Waals surface area contributed by atoms with Crippen molar-refractivity contribution < 1.29 is 14.0 Å². The van der Waals surface area contributed by atoms with E-state index >= 15 is 0 Å². The molecule has 0 aliphatic carbocycles. The Hall–Kier alpha value is -3.18. The smallest absolute Gasteiger partial charge is 0.268 e. The number of carbonyl (C=O) groups excluding carboxylic acids is 2. The lowest BCUT2D eigenvalue weighted by Gasteiger charge is -2.16. The van der Waals surface area contributed by atoms with E-state index in [2.05, 4.69) is 0 Å². The SMILES string of the molecule is Cc1cc(C)cc(N2C(=O)C(Sc3ccccc3)=C(c3ccc(F)cc3)C2=O)c1. The van der Waals surface area contributed by atoms with Crippen molar-refractivity contribution in [3.8, 4) is 0 Å². The molecular formula is C24H18FNO2S. The third-order valence-corrected chi connectivity index (χ3v) is 5.69. The Balaban J connectivity index is 1.84. The molecule has 0 unspecified atom stereocenters. The standard InChI is InChI=1S/C24H18FNO2S/c1-15-12-16(2)14-19(13-15)26-23(27)21(17-8-10-18(25)11-9-17)22(24(26)28)29-20-6-4-3-5-7-20/h3-14H,1-2H3. The average Bonchev–Trinajstić information content (AvgIpc) is 2.92. The molecule has 1 heterocycles. The van der Waals surface area contributed by atoms with Gasteiger partial charge in [-0.1, -0.05) is 48.2 Å². The topological polar surface area (TPSA) is 37.4 Å². The second kappa shape index (κ2) is 7.68. The van der Waals surface area contributed by atoms with Crippen LogP contribution in [0.3, 0.4) is 0 Å². The van der Waals surface area contributed by atoms with Crippen LogP contribution in [0.25, 0.3) is 5.57 Å². The quantitative estimate of drug-likeness (QED) is 0.538. The lowest BCUT2D eigenvalue weighted by molar-refractivity contribution is -0.119. The minimum atomic E-state index is -0.398. The number of amides is 2. The van der Waals surface area contributed by atoms with E-state index in [0.717, 1.165) is 16.0 Å².